The molecule has 0 fully saturated rings. The number of halogens is 2. The Balaban J connectivity index is 1.70. The molecule has 0 unspecified atom stereocenters. The summed E-state index contributed by atoms with van der Waals surface area (Å²) in [6.07, 6.45) is 0.0334. The maximum atomic E-state index is 12.7. The molecule has 2 amide bonds. The van der Waals surface area contributed by atoms with E-state index in [9.17, 15) is 18.4 Å². The number of thioether (sulfide) groups is 1. The Morgan fingerprint density at radius 1 is 0.826 bits per heavy atom. The maximum absolute atomic E-state index is 12.7. The fraction of sp³-hybridized carbons (Fsp3) is 0.125. The molecule has 0 spiro atoms. The molecule has 4 nitrogen and oxygen atoms in total. The van der Waals surface area contributed by atoms with Gasteiger partial charge in [-0.2, -0.15) is 0 Å². The molecule has 0 heterocycles. The first-order valence-electron chi connectivity index (χ1n) is 6.73. The summed E-state index contributed by atoms with van der Waals surface area (Å²) in [6.45, 7) is 0. The average Bonchev–Trinajstić information content (AvgIpc) is 2.54. The van der Waals surface area contributed by atoms with Crippen molar-refractivity contribution in [2.75, 3.05) is 5.75 Å². The summed E-state index contributed by atoms with van der Waals surface area (Å²) in [5.74, 6) is -1.42. The number of nitrogens with one attached hydrogen (secondary N) is 2. The first kappa shape index (κ1) is 17.0. The van der Waals surface area contributed by atoms with Crippen molar-refractivity contribution >= 4 is 23.6 Å². The van der Waals surface area contributed by atoms with Crippen LogP contribution in [0.4, 0.5) is 8.78 Å². The zero-order valence-corrected chi connectivity index (χ0v) is 12.8. The third-order valence-corrected chi connectivity index (χ3v) is 3.81. The molecular formula is C16H14F2N2O2S. The Hall–Kier alpha value is -2.41. The molecule has 0 bridgehead atoms. The highest BCUT2D eigenvalue weighted by Crippen LogP contribution is 2.17. The summed E-state index contributed by atoms with van der Waals surface area (Å²) in [5.41, 5.74) is 5.21. The van der Waals surface area contributed by atoms with E-state index in [0.717, 1.165) is 4.90 Å². The van der Waals surface area contributed by atoms with Crippen molar-refractivity contribution in [3.63, 3.8) is 0 Å². The molecule has 120 valence electrons. The summed E-state index contributed by atoms with van der Waals surface area (Å²) in [7, 11) is 0. The lowest BCUT2D eigenvalue weighted by molar-refractivity contribution is -0.127. The lowest BCUT2D eigenvalue weighted by Gasteiger charge is -2.07. The number of carbonyl (C=O) groups is 2. The van der Waals surface area contributed by atoms with E-state index in [1.807, 2.05) is 0 Å². The van der Waals surface area contributed by atoms with E-state index in [0.29, 0.717) is 5.56 Å². The summed E-state index contributed by atoms with van der Waals surface area (Å²) >= 11 is 1.22. The summed E-state index contributed by atoms with van der Waals surface area (Å²) in [6, 6.07) is 11.3. The Morgan fingerprint density at radius 2 is 1.35 bits per heavy atom. The van der Waals surface area contributed by atoms with Crippen molar-refractivity contribution in [2.24, 2.45) is 0 Å². The monoisotopic (exact) mass is 336 g/mol. The van der Waals surface area contributed by atoms with Crippen molar-refractivity contribution in [2.45, 2.75) is 11.3 Å². The van der Waals surface area contributed by atoms with Gasteiger partial charge in [-0.25, -0.2) is 8.78 Å². The minimum atomic E-state index is -0.406. The molecule has 2 N–H and O–H groups in total. The zero-order valence-electron chi connectivity index (χ0n) is 12.0. The SMILES string of the molecule is O=C(CSc1ccc(F)cc1)NNC(=O)Cc1ccc(F)cc1. The van der Waals surface area contributed by atoms with Crippen LogP contribution < -0.4 is 10.9 Å². The van der Waals surface area contributed by atoms with Crippen LogP contribution in [0.15, 0.2) is 53.4 Å². The Morgan fingerprint density at radius 3 is 1.96 bits per heavy atom. The third kappa shape index (κ3) is 6.07. The van der Waals surface area contributed by atoms with Gasteiger partial charge in [0, 0.05) is 4.90 Å². The lowest BCUT2D eigenvalue weighted by atomic mass is 10.1. The molecule has 0 aliphatic carbocycles. The van der Waals surface area contributed by atoms with Crippen LogP contribution in [0.3, 0.4) is 0 Å². The first-order valence-corrected chi connectivity index (χ1v) is 7.72. The van der Waals surface area contributed by atoms with Gasteiger partial charge in [-0.1, -0.05) is 12.1 Å². The fourth-order valence-corrected chi connectivity index (χ4v) is 2.39. The number of rotatable bonds is 5. The van der Waals surface area contributed by atoms with Gasteiger partial charge in [0.25, 0.3) is 0 Å². The van der Waals surface area contributed by atoms with E-state index in [4.69, 9.17) is 0 Å². The second kappa shape index (κ2) is 8.28. The third-order valence-electron chi connectivity index (χ3n) is 2.80. The van der Waals surface area contributed by atoms with Crippen LogP contribution in [-0.2, 0) is 16.0 Å². The fourth-order valence-electron chi connectivity index (χ4n) is 1.69. The van der Waals surface area contributed by atoms with E-state index in [1.54, 1.807) is 12.1 Å². The van der Waals surface area contributed by atoms with E-state index in [-0.39, 0.29) is 29.7 Å². The summed E-state index contributed by atoms with van der Waals surface area (Å²) in [4.78, 5) is 24.0. The van der Waals surface area contributed by atoms with Gasteiger partial charge in [-0.05, 0) is 42.0 Å². The lowest BCUT2D eigenvalue weighted by Crippen LogP contribution is -2.43. The molecule has 0 saturated heterocycles. The maximum Gasteiger partial charge on any atom is 0.248 e. The zero-order chi connectivity index (χ0) is 16.7. The van der Waals surface area contributed by atoms with E-state index in [1.165, 1.54) is 48.2 Å². The Kier molecular flexibility index (Phi) is 6.10. The van der Waals surface area contributed by atoms with Crippen LogP contribution in [-0.4, -0.2) is 17.6 Å². The predicted molar refractivity (Wildman–Crippen MR) is 83.5 cm³/mol. The van der Waals surface area contributed by atoms with E-state index >= 15 is 0 Å². The minimum Gasteiger partial charge on any atom is -0.273 e. The highest BCUT2D eigenvalue weighted by atomic mass is 32.2. The molecular weight excluding hydrogens is 322 g/mol. The van der Waals surface area contributed by atoms with Crippen molar-refractivity contribution in [1.82, 2.24) is 10.9 Å². The van der Waals surface area contributed by atoms with Crippen LogP contribution in [0, 0.1) is 11.6 Å². The van der Waals surface area contributed by atoms with Crippen LogP contribution in [0.25, 0.3) is 0 Å². The minimum absolute atomic E-state index is 0.0334. The number of hydrogen-bond acceptors (Lipinski definition) is 3. The van der Waals surface area contributed by atoms with Crippen molar-refractivity contribution in [1.29, 1.82) is 0 Å². The summed E-state index contributed by atoms with van der Waals surface area (Å²) in [5, 5.41) is 0. The van der Waals surface area contributed by atoms with Gasteiger partial charge in [0.05, 0.1) is 12.2 Å². The second-order valence-corrected chi connectivity index (χ2v) is 5.69. The molecule has 0 saturated carbocycles. The van der Waals surface area contributed by atoms with Gasteiger partial charge < -0.3 is 0 Å². The smallest absolute Gasteiger partial charge is 0.248 e. The molecule has 2 aromatic carbocycles. The van der Waals surface area contributed by atoms with Crippen LogP contribution >= 0.6 is 11.8 Å². The standard InChI is InChI=1S/C16H14F2N2O2S/c17-12-3-1-11(2-4-12)9-15(21)19-20-16(22)10-23-14-7-5-13(18)6-8-14/h1-8H,9-10H2,(H,19,21)(H,20,22). The Bertz CT molecular complexity index is 675. The number of hydrazine groups is 1. The number of carbonyl (C=O) groups excluding carboxylic acids is 2. The number of hydrogen-bond donors (Lipinski definition) is 2. The molecule has 0 aliphatic heterocycles. The Labute approximate surface area is 136 Å². The molecule has 23 heavy (non-hydrogen) atoms. The van der Waals surface area contributed by atoms with Gasteiger partial charge >= 0.3 is 0 Å². The topological polar surface area (TPSA) is 58.2 Å². The highest BCUT2D eigenvalue weighted by Gasteiger charge is 2.07. The molecule has 0 radical (unpaired) electrons. The van der Waals surface area contributed by atoms with Crippen LogP contribution in [0.5, 0.6) is 0 Å². The second-order valence-electron chi connectivity index (χ2n) is 4.64. The largest absolute Gasteiger partial charge is 0.273 e. The van der Waals surface area contributed by atoms with E-state index in [2.05, 4.69) is 10.9 Å². The molecule has 0 atom stereocenters. The molecule has 2 rings (SSSR count). The van der Waals surface area contributed by atoms with Gasteiger partial charge in [-0.15, -0.1) is 11.8 Å². The molecule has 2 aromatic rings. The van der Waals surface area contributed by atoms with Crippen molar-refractivity contribution in [3.05, 3.63) is 65.7 Å². The molecule has 7 heteroatoms. The van der Waals surface area contributed by atoms with Crippen LogP contribution in [0.1, 0.15) is 5.56 Å². The summed E-state index contributed by atoms with van der Waals surface area (Å²) < 4.78 is 25.5. The van der Waals surface area contributed by atoms with Crippen molar-refractivity contribution in [3.8, 4) is 0 Å². The van der Waals surface area contributed by atoms with E-state index < -0.39 is 5.91 Å². The quantitative estimate of drug-likeness (QED) is 0.651. The molecule has 0 aliphatic rings. The number of amides is 2. The van der Waals surface area contributed by atoms with Gasteiger partial charge in [0.1, 0.15) is 11.6 Å². The van der Waals surface area contributed by atoms with Crippen molar-refractivity contribution < 1.29 is 18.4 Å². The normalized spacial score (nSPS) is 10.2. The first-order chi connectivity index (χ1) is 11.0. The number of benzene rings is 2. The van der Waals surface area contributed by atoms with Gasteiger partial charge in [0.2, 0.25) is 11.8 Å². The molecule has 0 aromatic heterocycles. The van der Waals surface area contributed by atoms with Crippen LogP contribution in [0.2, 0.25) is 0 Å². The highest BCUT2D eigenvalue weighted by molar-refractivity contribution is 8.00. The van der Waals surface area contributed by atoms with Gasteiger partial charge in [-0.3, -0.25) is 20.4 Å². The average molecular weight is 336 g/mol. The predicted octanol–water partition coefficient (Wildman–Crippen LogP) is 2.45. The van der Waals surface area contributed by atoms with Gasteiger partial charge in [0.15, 0.2) is 0 Å².